The molecule has 0 heterocycles. The van der Waals surface area contributed by atoms with Crippen molar-refractivity contribution in [3.05, 3.63) is 53.4 Å². The van der Waals surface area contributed by atoms with E-state index in [1.165, 1.54) is 12.1 Å². The largest absolute Gasteiger partial charge is 0.381 e. The van der Waals surface area contributed by atoms with Crippen LogP contribution in [0.25, 0.3) is 0 Å². The SMILES string of the molecule is CS(=O)(=O)Oc1c(Cl)cc(Cl)c(Cl)c1Cc1c(Cl)c(Cl)cc(Cl)c1OS(C)(=O)=O. The number of hydrogen-bond acceptors (Lipinski definition) is 6. The van der Waals surface area contributed by atoms with E-state index >= 15 is 0 Å². The Hall–Kier alpha value is -0.320. The first kappa shape index (κ1) is 24.9. The summed E-state index contributed by atoms with van der Waals surface area (Å²) < 4.78 is 56.5. The van der Waals surface area contributed by atoms with Crippen LogP contribution in [0.3, 0.4) is 0 Å². The van der Waals surface area contributed by atoms with E-state index in [-0.39, 0.29) is 59.2 Å². The van der Waals surface area contributed by atoms with E-state index in [1.54, 1.807) is 0 Å². The average molecular weight is 563 g/mol. The second-order valence-electron chi connectivity index (χ2n) is 5.68. The summed E-state index contributed by atoms with van der Waals surface area (Å²) >= 11 is 36.7. The van der Waals surface area contributed by atoms with Crippen LogP contribution in [-0.2, 0) is 26.7 Å². The summed E-state index contributed by atoms with van der Waals surface area (Å²) in [6.07, 6.45) is 1.28. The lowest BCUT2D eigenvalue weighted by Gasteiger charge is -2.18. The fourth-order valence-electron chi connectivity index (χ4n) is 2.23. The van der Waals surface area contributed by atoms with Crippen LogP contribution in [0.15, 0.2) is 12.1 Å². The van der Waals surface area contributed by atoms with Crippen LogP contribution in [0, 0.1) is 0 Å². The van der Waals surface area contributed by atoms with E-state index in [4.69, 9.17) is 78.0 Å². The number of rotatable bonds is 6. The summed E-state index contributed by atoms with van der Waals surface area (Å²) in [6.45, 7) is 0. The Morgan fingerprint density at radius 2 is 0.966 bits per heavy atom. The summed E-state index contributed by atoms with van der Waals surface area (Å²) in [5.74, 6) is -0.637. The summed E-state index contributed by atoms with van der Waals surface area (Å²) in [7, 11) is -8.02. The van der Waals surface area contributed by atoms with Crippen molar-refractivity contribution in [1.29, 1.82) is 0 Å². The Labute approximate surface area is 197 Å². The van der Waals surface area contributed by atoms with E-state index in [0.717, 1.165) is 12.5 Å². The molecule has 0 N–H and O–H groups in total. The van der Waals surface area contributed by atoms with Gasteiger partial charge in [0.05, 0.1) is 42.6 Å². The molecule has 0 aromatic heterocycles. The van der Waals surface area contributed by atoms with Gasteiger partial charge in [0.25, 0.3) is 0 Å². The molecule has 14 heteroatoms. The van der Waals surface area contributed by atoms with Crippen LogP contribution >= 0.6 is 69.6 Å². The van der Waals surface area contributed by atoms with E-state index in [1.807, 2.05) is 0 Å². The zero-order valence-electron chi connectivity index (χ0n) is 14.4. The maximum absolute atomic E-state index is 11.7. The molecule has 0 aliphatic heterocycles. The highest BCUT2D eigenvalue weighted by Gasteiger charge is 2.26. The van der Waals surface area contributed by atoms with Crippen LogP contribution < -0.4 is 8.37 Å². The van der Waals surface area contributed by atoms with Crippen molar-refractivity contribution in [2.45, 2.75) is 6.42 Å². The van der Waals surface area contributed by atoms with Crippen molar-refractivity contribution < 1.29 is 25.2 Å². The highest BCUT2D eigenvalue weighted by atomic mass is 35.5. The summed E-state index contributed by atoms with van der Waals surface area (Å²) in [4.78, 5) is 0. The average Bonchev–Trinajstić information content (AvgIpc) is 2.54. The molecule has 0 radical (unpaired) electrons. The molecule has 160 valence electrons. The molecule has 0 bridgehead atoms. The van der Waals surface area contributed by atoms with Gasteiger partial charge in [-0.05, 0) is 12.1 Å². The predicted molar refractivity (Wildman–Crippen MR) is 117 cm³/mol. The number of hydrogen-bond donors (Lipinski definition) is 0. The van der Waals surface area contributed by atoms with Crippen molar-refractivity contribution >= 4 is 89.8 Å². The molecule has 29 heavy (non-hydrogen) atoms. The Kier molecular flexibility index (Phi) is 7.78. The molecule has 0 amide bonds. The van der Waals surface area contributed by atoms with Gasteiger partial charge in [0, 0.05) is 17.5 Å². The zero-order valence-corrected chi connectivity index (χ0v) is 20.6. The molecular weight excluding hydrogens is 553 g/mol. The van der Waals surface area contributed by atoms with Gasteiger partial charge in [0.2, 0.25) is 0 Å². The highest BCUT2D eigenvalue weighted by molar-refractivity contribution is 7.86. The fraction of sp³-hybridized carbons (Fsp3) is 0.200. The zero-order chi connectivity index (χ0) is 22.3. The monoisotopic (exact) mass is 560 g/mol. The molecular formula is C15H10Cl6O6S2. The summed E-state index contributed by atoms with van der Waals surface area (Å²) in [6, 6.07) is 2.38. The molecule has 2 aromatic rings. The van der Waals surface area contributed by atoms with Crippen LogP contribution in [0.5, 0.6) is 11.5 Å². The Morgan fingerprint density at radius 1 is 0.655 bits per heavy atom. The molecule has 0 saturated heterocycles. The van der Waals surface area contributed by atoms with Gasteiger partial charge in [0.1, 0.15) is 0 Å². The third-order valence-corrected chi connectivity index (χ3v) is 6.41. The maximum Gasteiger partial charge on any atom is 0.306 e. The lowest BCUT2D eigenvalue weighted by molar-refractivity contribution is 0.489. The first-order valence-electron chi connectivity index (χ1n) is 7.22. The van der Waals surface area contributed by atoms with E-state index in [2.05, 4.69) is 0 Å². The Morgan fingerprint density at radius 3 is 1.24 bits per heavy atom. The van der Waals surface area contributed by atoms with Crippen molar-refractivity contribution in [3.63, 3.8) is 0 Å². The second-order valence-corrected chi connectivity index (χ2v) is 11.2. The van der Waals surface area contributed by atoms with Crippen molar-refractivity contribution in [1.82, 2.24) is 0 Å². The quantitative estimate of drug-likeness (QED) is 0.323. The van der Waals surface area contributed by atoms with Crippen LogP contribution in [-0.4, -0.2) is 29.3 Å². The standard InChI is InChI=1S/C15H10Cl6O6S2/c1-28(22,23)26-14-6(12(20)8(16)4-10(14)18)3-7-13(21)9(17)5-11(19)15(7)27-29(2,24)25/h4-5H,3H2,1-2H3. The lowest BCUT2D eigenvalue weighted by atomic mass is 10.0. The molecule has 0 aliphatic rings. The van der Waals surface area contributed by atoms with Gasteiger partial charge in [-0.3, -0.25) is 0 Å². The van der Waals surface area contributed by atoms with Gasteiger partial charge in [-0.2, -0.15) is 16.8 Å². The molecule has 2 rings (SSSR count). The fourth-order valence-corrected chi connectivity index (χ4v) is 4.81. The van der Waals surface area contributed by atoms with E-state index in [9.17, 15) is 16.8 Å². The van der Waals surface area contributed by atoms with Gasteiger partial charge in [-0.1, -0.05) is 69.6 Å². The topological polar surface area (TPSA) is 86.7 Å². The van der Waals surface area contributed by atoms with E-state index in [0.29, 0.717) is 0 Å². The number of benzene rings is 2. The second kappa shape index (κ2) is 9.04. The highest BCUT2D eigenvalue weighted by Crippen LogP contribution is 2.46. The molecule has 0 aliphatic carbocycles. The lowest BCUT2D eigenvalue weighted by Crippen LogP contribution is -2.11. The third kappa shape index (κ3) is 6.33. The molecule has 2 aromatic carbocycles. The minimum absolute atomic E-state index is 0.00632. The van der Waals surface area contributed by atoms with Crippen molar-refractivity contribution in [2.75, 3.05) is 12.5 Å². The smallest absolute Gasteiger partial charge is 0.306 e. The van der Waals surface area contributed by atoms with Crippen LogP contribution in [0.4, 0.5) is 0 Å². The minimum atomic E-state index is -4.01. The van der Waals surface area contributed by atoms with E-state index < -0.39 is 20.2 Å². The van der Waals surface area contributed by atoms with Crippen LogP contribution in [0.2, 0.25) is 30.1 Å². The molecule has 0 unspecified atom stereocenters. The van der Waals surface area contributed by atoms with Gasteiger partial charge < -0.3 is 8.37 Å². The van der Waals surface area contributed by atoms with Crippen molar-refractivity contribution in [3.8, 4) is 11.5 Å². The Balaban J connectivity index is 2.80. The molecule has 6 nitrogen and oxygen atoms in total. The predicted octanol–water partition coefficient (Wildman–Crippen LogP) is 5.87. The summed E-state index contributed by atoms with van der Waals surface area (Å²) in [5.41, 5.74) is -0.0126. The number of halogens is 6. The maximum atomic E-state index is 11.7. The molecule has 0 atom stereocenters. The minimum Gasteiger partial charge on any atom is -0.381 e. The normalized spacial score (nSPS) is 12.1. The van der Waals surface area contributed by atoms with Gasteiger partial charge >= 0.3 is 20.2 Å². The molecule has 0 saturated carbocycles. The molecule has 0 spiro atoms. The van der Waals surface area contributed by atoms with Gasteiger partial charge in [-0.15, -0.1) is 0 Å². The third-order valence-electron chi connectivity index (χ3n) is 3.26. The van der Waals surface area contributed by atoms with Crippen molar-refractivity contribution in [2.24, 2.45) is 0 Å². The first-order valence-corrected chi connectivity index (χ1v) is 13.1. The molecule has 0 fully saturated rings. The van der Waals surface area contributed by atoms with Crippen LogP contribution in [0.1, 0.15) is 11.1 Å². The Bertz CT molecular complexity index is 1100. The van der Waals surface area contributed by atoms with Gasteiger partial charge in [0.15, 0.2) is 11.5 Å². The summed E-state index contributed by atoms with van der Waals surface area (Å²) in [5, 5.41) is -0.548. The first-order chi connectivity index (χ1) is 13.1. The van der Waals surface area contributed by atoms with Gasteiger partial charge in [-0.25, -0.2) is 0 Å².